The molecule has 6 heteroatoms. The number of hydrogen-bond donors (Lipinski definition) is 1. The summed E-state index contributed by atoms with van der Waals surface area (Å²) in [6.07, 6.45) is 0. The van der Waals surface area contributed by atoms with Crippen LogP contribution in [0.25, 0.3) is 0 Å². The fourth-order valence-electron chi connectivity index (χ4n) is 1.57. The van der Waals surface area contributed by atoms with Crippen LogP contribution in [-0.2, 0) is 6.61 Å². The molecule has 0 fully saturated rings. The van der Waals surface area contributed by atoms with Crippen LogP contribution in [0.15, 0.2) is 47.6 Å². The Kier molecular flexibility index (Phi) is 5.12. The highest BCUT2D eigenvalue weighted by Gasteiger charge is 2.04. The molecule has 0 unspecified atom stereocenters. The third-order valence-electron chi connectivity index (χ3n) is 2.55. The molecule has 0 spiro atoms. The van der Waals surface area contributed by atoms with Gasteiger partial charge in [0.15, 0.2) is 5.17 Å². The van der Waals surface area contributed by atoms with Crippen LogP contribution in [0, 0.1) is 0 Å². The maximum Gasteiger partial charge on any atom is 0.175 e. The summed E-state index contributed by atoms with van der Waals surface area (Å²) in [6, 6.07) is 12.2. The van der Waals surface area contributed by atoms with Crippen molar-refractivity contribution < 1.29 is 9.94 Å². The second-order valence-electron chi connectivity index (χ2n) is 3.96. The summed E-state index contributed by atoms with van der Waals surface area (Å²) in [5, 5.41) is 12.6. The van der Waals surface area contributed by atoms with Crippen molar-refractivity contribution in [2.75, 3.05) is 0 Å². The second kappa shape index (κ2) is 6.84. The first-order valence-electron chi connectivity index (χ1n) is 5.65. The van der Waals surface area contributed by atoms with Crippen LogP contribution in [-0.4, -0.2) is 10.4 Å². The summed E-state index contributed by atoms with van der Waals surface area (Å²) in [4.78, 5) is 0. The SMILES string of the molecule is O/N=C(\Cl)c1cccc(OCc2ccc(Cl)c(Cl)c2)c1. The van der Waals surface area contributed by atoms with E-state index in [2.05, 4.69) is 5.16 Å². The highest BCUT2D eigenvalue weighted by molar-refractivity contribution is 6.69. The molecule has 0 saturated heterocycles. The third-order valence-corrected chi connectivity index (χ3v) is 3.58. The summed E-state index contributed by atoms with van der Waals surface area (Å²) in [5.74, 6) is 0.607. The minimum atomic E-state index is 0.00462. The van der Waals surface area contributed by atoms with E-state index in [-0.39, 0.29) is 5.17 Å². The first-order valence-corrected chi connectivity index (χ1v) is 6.78. The Balaban J connectivity index is 2.09. The minimum absolute atomic E-state index is 0.00462. The number of halogens is 3. The Hall–Kier alpha value is -1.42. The average Bonchev–Trinajstić information content (AvgIpc) is 2.48. The van der Waals surface area contributed by atoms with Crippen LogP contribution in [0.4, 0.5) is 0 Å². The fourth-order valence-corrected chi connectivity index (χ4v) is 2.01. The normalized spacial score (nSPS) is 11.4. The molecule has 0 radical (unpaired) electrons. The molecular weight excluding hydrogens is 321 g/mol. The lowest BCUT2D eigenvalue weighted by Crippen LogP contribution is -1.97. The van der Waals surface area contributed by atoms with E-state index in [9.17, 15) is 0 Å². The average molecular weight is 331 g/mol. The molecule has 0 aliphatic carbocycles. The molecule has 1 N–H and O–H groups in total. The zero-order valence-electron chi connectivity index (χ0n) is 10.2. The molecule has 2 aromatic carbocycles. The molecule has 0 atom stereocenters. The molecule has 0 bridgehead atoms. The van der Waals surface area contributed by atoms with Crippen LogP contribution in [0.5, 0.6) is 5.75 Å². The predicted octanol–water partition coefficient (Wildman–Crippen LogP) is 4.95. The van der Waals surface area contributed by atoms with Crippen LogP contribution < -0.4 is 4.74 Å². The number of benzene rings is 2. The van der Waals surface area contributed by atoms with Gasteiger partial charge in [-0.3, -0.25) is 0 Å². The van der Waals surface area contributed by atoms with E-state index in [0.717, 1.165) is 5.56 Å². The van der Waals surface area contributed by atoms with E-state index in [1.54, 1.807) is 36.4 Å². The van der Waals surface area contributed by atoms with Crippen molar-refractivity contribution in [2.24, 2.45) is 5.16 Å². The van der Waals surface area contributed by atoms with Gasteiger partial charge in [-0.2, -0.15) is 0 Å². The van der Waals surface area contributed by atoms with Gasteiger partial charge >= 0.3 is 0 Å². The monoisotopic (exact) mass is 329 g/mol. The molecular formula is C14H10Cl3NO2. The van der Waals surface area contributed by atoms with Gasteiger partial charge in [0.25, 0.3) is 0 Å². The van der Waals surface area contributed by atoms with Gasteiger partial charge in [-0.25, -0.2) is 0 Å². The van der Waals surface area contributed by atoms with Crippen LogP contribution >= 0.6 is 34.8 Å². The van der Waals surface area contributed by atoms with Crippen LogP contribution in [0.2, 0.25) is 10.0 Å². The van der Waals surface area contributed by atoms with Gasteiger partial charge in [-0.1, -0.05) is 58.2 Å². The Morgan fingerprint density at radius 2 is 1.90 bits per heavy atom. The first kappa shape index (κ1) is 15.0. The number of rotatable bonds is 4. The van der Waals surface area contributed by atoms with E-state index in [1.165, 1.54) is 0 Å². The molecule has 0 aliphatic heterocycles. The summed E-state index contributed by atoms with van der Waals surface area (Å²) >= 11 is 17.5. The van der Waals surface area contributed by atoms with Crippen molar-refractivity contribution in [3.05, 3.63) is 63.6 Å². The molecule has 0 aromatic heterocycles. The summed E-state index contributed by atoms with van der Waals surface area (Å²) in [5.41, 5.74) is 1.47. The van der Waals surface area contributed by atoms with Crippen molar-refractivity contribution in [1.82, 2.24) is 0 Å². The summed E-state index contributed by atoms with van der Waals surface area (Å²) in [7, 11) is 0. The smallest absolute Gasteiger partial charge is 0.175 e. The maximum atomic E-state index is 8.63. The Morgan fingerprint density at radius 1 is 1.10 bits per heavy atom. The predicted molar refractivity (Wildman–Crippen MR) is 81.4 cm³/mol. The lowest BCUT2D eigenvalue weighted by molar-refractivity contribution is 0.306. The lowest BCUT2D eigenvalue weighted by Gasteiger charge is -2.08. The Bertz CT molecular complexity index is 644. The molecule has 0 amide bonds. The van der Waals surface area contributed by atoms with Crippen molar-refractivity contribution in [3.63, 3.8) is 0 Å². The van der Waals surface area contributed by atoms with E-state index >= 15 is 0 Å². The van der Waals surface area contributed by atoms with Gasteiger partial charge in [0.1, 0.15) is 12.4 Å². The van der Waals surface area contributed by atoms with Gasteiger partial charge in [0.2, 0.25) is 0 Å². The topological polar surface area (TPSA) is 41.8 Å². The highest BCUT2D eigenvalue weighted by atomic mass is 35.5. The quantitative estimate of drug-likeness (QED) is 0.490. The van der Waals surface area contributed by atoms with Crippen LogP contribution in [0.1, 0.15) is 11.1 Å². The minimum Gasteiger partial charge on any atom is -0.489 e. The fraction of sp³-hybridized carbons (Fsp3) is 0.0714. The Labute approximate surface area is 131 Å². The lowest BCUT2D eigenvalue weighted by atomic mass is 10.2. The van der Waals surface area contributed by atoms with E-state index < -0.39 is 0 Å². The molecule has 0 heterocycles. The van der Waals surface area contributed by atoms with E-state index in [1.807, 2.05) is 6.07 Å². The van der Waals surface area contributed by atoms with Gasteiger partial charge in [0.05, 0.1) is 10.0 Å². The second-order valence-corrected chi connectivity index (χ2v) is 5.13. The van der Waals surface area contributed by atoms with Crippen molar-refractivity contribution >= 4 is 40.0 Å². The van der Waals surface area contributed by atoms with Crippen molar-refractivity contribution in [1.29, 1.82) is 0 Å². The largest absolute Gasteiger partial charge is 0.489 e. The maximum absolute atomic E-state index is 8.63. The number of oxime groups is 1. The molecule has 20 heavy (non-hydrogen) atoms. The van der Waals surface area contributed by atoms with Gasteiger partial charge in [-0.15, -0.1) is 0 Å². The molecule has 3 nitrogen and oxygen atoms in total. The zero-order valence-corrected chi connectivity index (χ0v) is 12.5. The van der Waals surface area contributed by atoms with E-state index in [4.69, 9.17) is 44.7 Å². The Morgan fingerprint density at radius 3 is 2.60 bits per heavy atom. The number of hydrogen-bond acceptors (Lipinski definition) is 3. The summed E-state index contributed by atoms with van der Waals surface area (Å²) < 4.78 is 5.63. The van der Waals surface area contributed by atoms with Crippen LogP contribution in [0.3, 0.4) is 0 Å². The van der Waals surface area contributed by atoms with Gasteiger partial charge < -0.3 is 9.94 Å². The molecule has 104 valence electrons. The molecule has 2 aromatic rings. The van der Waals surface area contributed by atoms with Crippen molar-refractivity contribution in [3.8, 4) is 5.75 Å². The number of nitrogens with zero attached hydrogens (tertiary/aromatic N) is 1. The van der Waals surface area contributed by atoms with Crippen molar-refractivity contribution in [2.45, 2.75) is 6.61 Å². The van der Waals surface area contributed by atoms with Gasteiger partial charge in [0, 0.05) is 5.56 Å². The van der Waals surface area contributed by atoms with Gasteiger partial charge in [-0.05, 0) is 29.8 Å². The summed E-state index contributed by atoms with van der Waals surface area (Å²) in [6.45, 7) is 0.341. The molecule has 2 rings (SSSR count). The zero-order chi connectivity index (χ0) is 14.5. The highest BCUT2D eigenvalue weighted by Crippen LogP contribution is 2.23. The van der Waals surface area contributed by atoms with E-state index in [0.29, 0.717) is 28.0 Å². The molecule has 0 aliphatic rings. The molecule has 0 saturated carbocycles. The third kappa shape index (κ3) is 3.79. The first-order chi connectivity index (χ1) is 9.60. The number of ether oxygens (including phenoxy) is 1. The standard InChI is InChI=1S/C14H10Cl3NO2/c15-12-5-4-9(6-13(12)16)8-20-11-3-1-2-10(7-11)14(17)18-19/h1-7,19H,8H2/b18-14-.